The summed E-state index contributed by atoms with van der Waals surface area (Å²) in [6, 6.07) is 29.9. The first kappa shape index (κ1) is 17.9. The normalized spacial score (nSPS) is 12.7. The molecular formula is C26H18N2O2. The standard InChI is InChI=1S/C26H18N2O2/c29-19-11-13-23-21(15-19)25(17-7-3-1-4-8-17)27-24-14-12-20(30)16-22(24)26(28-23)18-9-5-2-6-10-18/h1-16,29-30H. The van der Waals surface area contributed by atoms with Crippen LogP contribution in [0.2, 0.25) is 0 Å². The Balaban J connectivity index is 1.86. The summed E-state index contributed by atoms with van der Waals surface area (Å²) < 4.78 is 0. The molecule has 0 fully saturated rings. The van der Waals surface area contributed by atoms with E-state index >= 15 is 0 Å². The lowest BCUT2D eigenvalue weighted by molar-refractivity contribution is 0.475. The third-order valence-corrected chi connectivity index (χ3v) is 5.03. The molecule has 0 bridgehead atoms. The van der Waals surface area contributed by atoms with Crippen LogP contribution in [0.3, 0.4) is 0 Å². The lowest BCUT2D eigenvalue weighted by Gasteiger charge is -2.18. The molecule has 0 unspecified atom stereocenters. The molecule has 0 amide bonds. The minimum Gasteiger partial charge on any atom is -0.508 e. The zero-order chi connectivity index (χ0) is 20.5. The van der Waals surface area contributed by atoms with E-state index in [1.54, 1.807) is 36.4 Å². The zero-order valence-corrected chi connectivity index (χ0v) is 16.0. The number of nitrogens with zero attached hydrogens (tertiary/aromatic N) is 2. The Labute approximate surface area is 174 Å². The van der Waals surface area contributed by atoms with E-state index in [0.717, 1.165) is 22.3 Å². The van der Waals surface area contributed by atoms with Gasteiger partial charge in [0.05, 0.1) is 22.8 Å². The topological polar surface area (TPSA) is 65.2 Å². The van der Waals surface area contributed by atoms with Crippen molar-refractivity contribution in [3.8, 4) is 11.5 Å². The van der Waals surface area contributed by atoms with Gasteiger partial charge in [-0.05, 0) is 36.4 Å². The first-order valence-electron chi connectivity index (χ1n) is 9.64. The Hall–Kier alpha value is -4.18. The predicted molar refractivity (Wildman–Crippen MR) is 120 cm³/mol. The van der Waals surface area contributed by atoms with Crippen LogP contribution in [0.5, 0.6) is 11.5 Å². The summed E-state index contributed by atoms with van der Waals surface area (Å²) in [6.07, 6.45) is 0. The number of phenolic OH excluding ortho intramolecular Hbond substituents is 2. The lowest BCUT2D eigenvalue weighted by atomic mass is 9.95. The van der Waals surface area contributed by atoms with Gasteiger partial charge in [-0.3, -0.25) is 0 Å². The van der Waals surface area contributed by atoms with Crippen molar-refractivity contribution in [1.29, 1.82) is 0 Å². The van der Waals surface area contributed by atoms with Crippen LogP contribution in [0.1, 0.15) is 22.3 Å². The van der Waals surface area contributed by atoms with Gasteiger partial charge in [0.25, 0.3) is 0 Å². The van der Waals surface area contributed by atoms with Crippen molar-refractivity contribution in [1.82, 2.24) is 0 Å². The van der Waals surface area contributed by atoms with Gasteiger partial charge in [0, 0.05) is 22.3 Å². The Morgan fingerprint density at radius 2 is 0.867 bits per heavy atom. The number of benzene rings is 4. The van der Waals surface area contributed by atoms with Crippen LogP contribution in [0.25, 0.3) is 0 Å². The summed E-state index contributed by atoms with van der Waals surface area (Å²) in [6.45, 7) is 0. The quantitative estimate of drug-likeness (QED) is 0.403. The molecule has 2 N–H and O–H groups in total. The summed E-state index contributed by atoms with van der Waals surface area (Å²) >= 11 is 0. The van der Waals surface area contributed by atoms with Crippen LogP contribution in [-0.4, -0.2) is 21.6 Å². The van der Waals surface area contributed by atoms with E-state index in [1.807, 2.05) is 60.7 Å². The minimum absolute atomic E-state index is 0.153. The number of aromatic hydroxyl groups is 2. The Kier molecular flexibility index (Phi) is 4.37. The smallest absolute Gasteiger partial charge is 0.116 e. The highest BCUT2D eigenvalue weighted by Crippen LogP contribution is 2.35. The third kappa shape index (κ3) is 3.25. The summed E-state index contributed by atoms with van der Waals surface area (Å²) in [7, 11) is 0. The van der Waals surface area contributed by atoms with Gasteiger partial charge in [-0.2, -0.15) is 0 Å². The van der Waals surface area contributed by atoms with Crippen LogP contribution < -0.4 is 0 Å². The summed E-state index contributed by atoms with van der Waals surface area (Å²) in [5, 5.41) is 20.4. The molecule has 5 rings (SSSR count). The van der Waals surface area contributed by atoms with E-state index in [4.69, 9.17) is 9.98 Å². The average Bonchev–Trinajstić information content (AvgIpc) is 2.77. The van der Waals surface area contributed by atoms with E-state index in [2.05, 4.69) is 0 Å². The van der Waals surface area contributed by atoms with Gasteiger partial charge in [0.15, 0.2) is 0 Å². The van der Waals surface area contributed by atoms with Crippen LogP contribution in [-0.2, 0) is 0 Å². The van der Waals surface area contributed by atoms with Gasteiger partial charge in [-0.1, -0.05) is 60.7 Å². The maximum atomic E-state index is 10.2. The molecule has 0 atom stereocenters. The second-order valence-electron chi connectivity index (χ2n) is 7.06. The Morgan fingerprint density at radius 1 is 0.467 bits per heavy atom. The third-order valence-electron chi connectivity index (χ3n) is 5.03. The molecule has 1 aliphatic rings. The fraction of sp³-hybridized carbons (Fsp3) is 0. The van der Waals surface area contributed by atoms with E-state index in [1.165, 1.54) is 0 Å². The minimum atomic E-state index is 0.153. The van der Waals surface area contributed by atoms with Crippen molar-refractivity contribution in [2.45, 2.75) is 0 Å². The maximum absolute atomic E-state index is 10.2. The van der Waals surface area contributed by atoms with Crippen LogP contribution in [0.15, 0.2) is 107 Å². The molecule has 0 saturated carbocycles. The van der Waals surface area contributed by atoms with Crippen molar-refractivity contribution < 1.29 is 10.2 Å². The van der Waals surface area contributed by atoms with E-state index < -0.39 is 0 Å². The van der Waals surface area contributed by atoms with Gasteiger partial charge in [-0.25, -0.2) is 9.98 Å². The summed E-state index contributed by atoms with van der Waals surface area (Å²) in [5.74, 6) is 0.306. The van der Waals surface area contributed by atoms with Crippen molar-refractivity contribution >= 4 is 22.8 Å². The number of phenols is 2. The molecule has 4 aromatic rings. The van der Waals surface area contributed by atoms with Crippen molar-refractivity contribution in [3.63, 3.8) is 0 Å². The highest BCUT2D eigenvalue weighted by molar-refractivity contribution is 6.22. The van der Waals surface area contributed by atoms with Crippen molar-refractivity contribution in [2.24, 2.45) is 9.98 Å². The molecule has 1 heterocycles. The van der Waals surface area contributed by atoms with Gasteiger partial charge in [0.2, 0.25) is 0 Å². The van der Waals surface area contributed by atoms with E-state index in [9.17, 15) is 10.2 Å². The molecule has 144 valence electrons. The van der Waals surface area contributed by atoms with Gasteiger partial charge < -0.3 is 10.2 Å². The first-order valence-corrected chi connectivity index (χ1v) is 9.64. The molecule has 0 spiro atoms. The molecular weight excluding hydrogens is 372 g/mol. The first-order chi connectivity index (χ1) is 14.7. The largest absolute Gasteiger partial charge is 0.508 e. The molecule has 0 aromatic heterocycles. The zero-order valence-electron chi connectivity index (χ0n) is 16.0. The van der Waals surface area contributed by atoms with Crippen molar-refractivity contribution in [2.75, 3.05) is 0 Å². The maximum Gasteiger partial charge on any atom is 0.116 e. The van der Waals surface area contributed by atoms with Crippen LogP contribution >= 0.6 is 0 Å². The molecule has 4 heteroatoms. The Morgan fingerprint density at radius 3 is 1.27 bits per heavy atom. The number of rotatable bonds is 2. The average molecular weight is 390 g/mol. The van der Waals surface area contributed by atoms with Crippen molar-refractivity contribution in [3.05, 3.63) is 119 Å². The van der Waals surface area contributed by atoms with E-state index in [0.29, 0.717) is 22.8 Å². The number of hydrogen-bond donors (Lipinski definition) is 2. The second kappa shape index (κ2) is 7.33. The fourth-order valence-corrected chi connectivity index (χ4v) is 3.62. The summed E-state index contributed by atoms with van der Waals surface area (Å²) in [5.41, 5.74) is 6.14. The molecule has 0 radical (unpaired) electrons. The van der Waals surface area contributed by atoms with Crippen LogP contribution in [0.4, 0.5) is 11.4 Å². The number of aliphatic imine (C=N–C) groups is 2. The van der Waals surface area contributed by atoms with E-state index in [-0.39, 0.29) is 11.5 Å². The molecule has 4 aromatic carbocycles. The number of hydrogen-bond acceptors (Lipinski definition) is 4. The lowest BCUT2D eigenvalue weighted by Crippen LogP contribution is -2.10. The van der Waals surface area contributed by atoms with Gasteiger partial charge >= 0.3 is 0 Å². The molecule has 0 saturated heterocycles. The highest BCUT2D eigenvalue weighted by Gasteiger charge is 2.20. The van der Waals surface area contributed by atoms with Gasteiger partial charge in [0.1, 0.15) is 11.5 Å². The molecule has 30 heavy (non-hydrogen) atoms. The second-order valence-corrected chi connectivity index (χ2v) is 7.06. The molecule has 0 aliphatic carbocycles. The number of fused-ring (bicyclic) bond motifs is 2. The molecule has 1 aliphatic heterocycles. The van der Waals surface area contributed by atoms with Gasteiger partial charge in [-0.15, -0.1) is 0 Å². The monoisotopic (exact) mass is 390 g/mol. The SMILES string of the molecule is Oc1ccc2c(c1)C(c1ccccc1)=Nc1ccc(O)cc1C(c1ccccc1)=N2. The predicted octanol–water partition coefficient (Wildman–Crippen LogP) is 5.75. The molecule has 4 nitrogen and oxygen atoms in total. The Bertz CT molecular complexity index is 1190. The fourth-order valence-electron chi connectivity index (χ4n) is 3.62. The summed E-state index contributed by atoms with van der Waals surface area (Å²) in [4.78, 5) is 9.96. The van der Waals surface area contributed by atoms with Crippen LogP contribution in [0, 0.1) is 0 Å². The highest BCUT2D eigenvalue weighted by atomic mass is 16.3.